The molecule has 0 unspecified atom stereocenters. The second-order valence-corrected chi connectivity index (χ2v) is 4.51. The lowest BCUT2D eigenvalue weighted by Gasteiger charge is -2.08. The van der Waals surface area contributed by atoms with Crippen molar-refractivity contribution >= 4 is 17.4 Å². The molecule has 0 fully saturated rings. The summed E-state index contributed by atoms with van der Waals surface area (Å²) in [5.41, 5.74) is 0.193. The van der Waals surface area contributed by atoms with Crippen molar-refractivity contribution in [1.82, 2.24) is 0 Å². The summed E-state index contributed by atoms with van der Waals surface area (Å²) in [7, 11) is 1.20. The van der Waals surface area contributed by atoms with Crippen LogP contribution in [0.4, 0.5) is 5.69 Å². The first kappa shape index (κ1) is 16.2. The van der Waals surface area contributed by atoms with E-state index in [-0.39, 0.29) is 29.4 Å². The Morgan fingerprint density at radius 1 is 1.09 bits per heavy atom. The topological polar surface area (TPSA) is 95.7 Å². The molecule has 0 amide bonds. The molecule has 0 radical (unpaired) electrons. The van der Waals surface area contributed by atoms with Crippen molar-refractivity contribution in [3.05, 3.63) is 69.8 Å². The van der Waals surface area contributed by atoms with Crippen LogP contribution < -0.4 is 4.74 Å². The van der Waals surface area contributed by atoms with Crippen molar-refractivity contribution in [2.24, 2.45) is 0 Å². The van der Waals surface area contributed by atoms with Crippen molar-refractivity contribution in [1.29, 1.82) is 0 Å². The zero-order chi connectivity index (χ0) is 16.8. The summed E-state index contributed by atoms with van der Waals surface area (Å²) in [5, 5.41) is 11.0. The molecular weight excluding hydrogens is 302 g/mol. The molecule has 7 nitrogen and oxygen atoms in total. The number of nitro benzene ring substituents is 1. The molecule has 0 N–H and O–H groups in total. The molecule has 0 aliphatic heterocycles. The monoisotopic (exact) mass is 315 g/mol. The summed E-state index contributed by atoms with van der Waals surface area (Å²) in [5.74, 6) is -1.15. The standard InChI is InChI=1S/C16H13NO6/c1-22-16(19)12-7-8-13(17(20)21)15(9-12)23-10-14(18)11-5-3-2-4-6-11/h2-9H,10H2,1H3. The number of methoxy groups -OCH3 is 1. The third-order valence-electron chi connectivity index (χ3n) is 3.03. The molecule has 2 rings (SSSR count). The van der Waals surface area contributed by atoms with E-state index in [1.54, 1.807) is 30.3 Å². The lowest BCUT2D eigenvalue weighted by Crippen LogP contribution is -2.13. The number of nitro groups is 1. The van der Waals surface area contributed by atoms with Gasteiger partial charge in [-0.25, -0.2) is 4.79 Å². The molecule has 0 spiro atoms. The minimum Gasteiger partial charge on any atom is -0.478 e. The van der Waals surface area contributed by atoms with Gasteiger partial charge < -0.3 is 9.47 Å². The number of esters is 1. The van der Waals surface area contributed by atoms with Gasteiger partial charge in [0.1, 0.15) is 0 Å². The molecule has 7 heteroatoms. The van der Waals surface area contributed by atoms with Crippen LogP contribution in [0.3, 0.4) is 0 Å². The average Bonchev–Trinajstić information content (AvgIpc) is 2.59. The molecule has 0 aliphatic carbocycles. The third-order valence-corrected chi connectivity index (χ3v) is 3.03. The van der Waals surface area contributed by atoms with Crippen LogP contribution in [0.2, 0.25) is 0 Å². The van der Waals surface area contributed by atoms with Crippen LogP contribution in [0.15, 0.2) is 48.5 Å². The summed E-state index contributed by atoms with van der Waals surface area (Å²) in [6, 6.07) is 12.0. The molecule has 0 aliphatic rings. The van der Waals surface area contributed by atoms with Gasteiger partial charge in [-0.1, -0.05) is 30.3 Å². The van der Waals surface area contributed by atoms with Crippen LogP contribution in [-0.2, 0) is 4.74 Å². The highest BCUT2D eigenvalue weighted by Gasteiger charge is 2.19. The van der Waals surface area contributed by atoms with Gasteiger partial charge >= 0.3 is 11.7 Å². The lowest BCUT2D eigenvalue weighted by molar-refractivity contribution is -0.385. The van der Waals surface area contributed by atoms with E-state index in [0.717, 1.165) is 6.07 Å². The Bertz CT molecular complexity index is 741. The van der Waals surface area contributed by atoms with E-state index in [4.69, 9.17) is 4.74 Å². The highest BCUT2D eigenvalue weighted by molar-refractivity contribution is 5.97. The fourth-order valence-electron chi connectivity index (χ4n) is 1.88. The molecular formula is C16H13NO6. The minimum absolute atomic E-state index is 0.0975. The molecule has 2 aromatic rings. The summed E-state index contributed by atoms with van der Waals surface area (Å²) in [6.45, 7) is -0.379. The van der Waals surface area contributed by atoms with Crippen LogP contribution in [0.1, 0.15) is 20.7 Å². The number of nitrogens with zero attached hydrogens (tertiary/aromatic N) is 1. The maximum atomic E-state index is 12.0. The SMILES string of the molecule is COC(=O)c1ccc([N+](=O)[O-])c(OCC(=O)c2ccccc2)c1. The summed E-state index contributed by atoms with van der Waals surface area (Å²) in [4.78, 5) is 33.8. The number of rotatable bonds is 6. The van der Waals surface area contributed by atoms with Crippen molar-refractivity contribution < 1.29 is 24.0 Å². The first-order chi connectivity index (χ1) is 11.0. The van der Waals surface area contributed by atoms with Gasteiger partial charge in [0.2, 0.25) is 0 Å². The summed E-state index contributed by atoms with van der Waals surface area (Å²) in [6.07, 6.45) is 0. The first-order valence-corrected chi connectivity index (χ1v) is 6.60. The Morgan fingerprint density at radius 3 is 2.39 bits per heavy atom. The Labute approximate surface area is 131 Å². The smallest absolute Gasteiger partial charge is 0.337 e. The van der Waals surface area contributed by atoms with Crippen molar-refractivity contribution in [3.63, 3.8) is 0 Å². The van der Waals surface area contributed by atoms with E-state index >= 15 is 0 Å². The van der Waals surface area contributed by atoms with Gasteiger partial charge in [0, 0.05) is 17.7 Å². The van der Waals surface area contributed by atoms with Gasteiger partial charge in [-0.2, -0.15) is 0 Å². The van der Waals surface area contributed by atoms with E-state index in [9.17, 15) is 19.7 Å². The Hall–Kier alpha value is -3.22. The van der Waals surface area contributed by atoms with Crippen molar-refractivity contribution in [2.75, 3.05) is 13.7 Å². The van der Waals surface area contributed by atoms with Gasteiger partial charge in [-0.05, 0) is 6.07 Å². The van der Waals surface area contributed by atoms with Crippen molar-refractivity contribution in [2.45, 2.75) is 0 Å². The molecule has 0 saturated carbocycles. The van der Waals surface area contributed by atoms with Crippen LogP contribution in [0, 0.1) is 10.1 Å². The number of carbonyl (C=O) groups is 2. The number of hydrogen-bond acceptors (Lipinski definition) is 6. The van der Waals surface area contributed by atoms with E-state index in [2.05, 4.69) is 4.74 Å². The second-order valence-electron chi connectivity index (χ2n) is 4.51. The van der Waals surface area contributed by atoms with Gasteiger partial charge in [0.25, 0.3) is 0 Å². The van der Waals surface area contributed by atoms with Gasteiger partial charge in [-0.15, -0.1) is 0 Å². The van der Waals surface area contributed by atoms with Crippen LogP contribution in [0.25, 0.3) is 0 Å². The average molecular weight is 315 g/mol. The molecule has 23 heavy (non-hydrogen) atoms. The number of benzene rings is 2. The van der Waals surface area contributed by atoms with Crippen LogP contribution >= 0.6 is 0 Å². The predicted octanol–water partition coefficient (Wildman–Crippen LogP) is 2.64. The highest BCUT2D eigenvalue weighted by Crippen LogP contribution is 2.28. The van der Waals surface area contributed by atoms with E-state index in [1.165, 1.54) is 19.2 Å². The maximum absolute atomic E-state index is 12.0. The number of ether oxygens (including phenoxy) is 2. The normalized spacial score (nSPS) is 9.96. The molecule has 0 saturated heterocycles. The molecule has 2 aromatic carbocycles. The predicted molar refractivity (Wildman–Crippen MR) is 80.7 cm³/mol. The van der Waals surface area contributed by atoms with Gasteiger partial charge in [0.15, 0.2) is 18.1 Å². The van der Waals surface area contributed by atoms with Crippen LogP contribution in [-0.4, -0.2) is 30.4 Å². The largest absolute Gasteiger partial charge is 0.478 e. The second kappa shape index (κ2) is 7.17. The fraction of sp³-hybridized carbons (Fsp3) is 0.125. The van der Waals surface area contributed by atoms with E-state index in [0.29, 0.717) is 5.56 Å². The Balaban J connectivity index is 2.21. The minimum atomic E-state index is -0.654. The fourth-order valence-corrected chi connectivity index (χ4v) is 1.88. The van der Waals surface area contributed by atoms with Gasteiger partial charge in [0.05, 0.1) is 17.6 Å². The number of carbonyl (C=O) groups excluding carboxylic acids is 2. The third kappa shape index (κ3) is 3.91. The summed E-state index contributed by atoms with van der Waals surface area (Å²) < 4.78 is 9.81. The number of hydrogen-bond donors (Lipinski definition) is 0. The zero-order valence-corrected chi connectivity index (χ0v) is 12.2. The molecule has 0 bridgehead atoms. The van der Waals surface area contributed by atoms with E-state index in [1.807, 2.05) is 0 Å². The number of Topliss-reactive ketones (excluding diaryl/α,β-unsaturated/α-hetero) is 1. The van der Waals surface area contributed by atoms with Crippen molar-refractivity contribution in [3.8, 4) is 5.75 Å². The lowest BCUT2D eigenvalue weighted by atomic mass is 10.1. The Kier molecular flexibility index (Phi) is 5.03. The highest BCUT2D eigenvalue weighted by atomic mass is 16.6. The quantitative estimate of drug-likeness (QED) is 0.352. The maximum Gasteiger partial charge on any atom is 0.337 e. The Morgan fingerprint density at radius 2 is 1.78 bits per heavy atom. The molecule has 0 aromatic heterocycles. The molecule has 118 valence electrons. The van der Waals surface area contributed by atoms with E-state index < -0.39 is 10.9 Å². The van der Waals surface area contributed by atoms with Crippen LogP contribution in [0.5, 0.6) is 5.75 Å². The molecule has 0 atom stereocenters. The summed E-state index contributed by atoms with van der Waals surface area (Å²) >= 11 is 0. The van der Waals surface area contributed by atoms with Gasteiger partial charge in [-0.3, -0.25) is 14.9 Å². The first-order valence-electron chi connectivity index (χ1n) is 6.60. The zero-order valence-electron chi connectivity index (χ0n) is 12.2. The number of ketones is 1. The molecule has 0 heterocycles.